The highest BCUT2D eigenvalue weighted by molar-refractivity contribution is 6.39. The molecule has 0 radical (unpaired) electrons. The van der Waals surface area contributed by atoms with Crippen LogP contribution < -0.4 is 15.5 Å². The quantitative estimate of drug-likeness (QED) is 0.569. The molecule has 0 bridgehead atoms. The van der Waals surface area contributed by atoms with E-state index in [0.717, 1.165) is 37.8 Å². The summed E-state index contributed by atoms with van der Waals surface area (Å²) in [5.41, 5.74) is 2.39. The average molecular weight is 448 g/mol. The fourth-order valence-corrected chi connectivity index (χ4v) is 3.99. The number of pyridine rings is 1. The van der Waals surface area contributed by atoms with Gasteiger partial charge in [-0.15, -0.1) is 0 Å². The Morgan fingerprint density at radius 2 is 1.73 bits per heavy atom. The van der Waals surface area contributed by atoms with Crippen LogP contribution in [-0.2, 0) is 9.59 Å². The lowest BCUT2D eigenvalue weighted by molar-refractivity contribution is -0.136. The van der Waals surface area contributed by atoms with Crippen LogP contribution in [0.2, 0.25) is 0 Å². The Labute approximate surface area is 192 Å². The number of hydrogen-bond acceptors (Lipinski definition) is 5. The zero-order valence-electron chi connectivity index (χ0n) is 18.2. The molecular formula is C25H26FN5O2. The Hall–Kier alpha value is -3.78. The van der Waals surface area contributed by atoms with Gasteiger partial charge in [-0.2, -0.15) is 0 Å². The van der Waals surface area contributed by atoms with Crippen molar-refractivity contribution in [1.82, 2.24) is 15.2 Å². The summed E-state index contributed by atoms with van der Waals surface area (Å²) in [6.07, 6.45) is 3.49. The Bertz CT molecular complexity index is 1070. The number of anilines is 2. The SMILES string of the molecule is O=C(NC[C@H](c1cccnc1)N1CCN(c2ccccc2)CC1)C(=O)Nc1cccc(F)c1. The van der Waals surface area contributed by atoms with E-state index in [0.29, 0.717) is 0 Å². The Kier molecular flexibility index (Phi) is 7.26. The van der Waals surface area contributed by atoms with Crippen LogP contribution in [0.15, 0.2) is 79.1 Å². The van der Waals surface area contributed by atoms with E-state index < -0.39 is 17.6 Å². The molecule has 1 aromatic heterocycles. The monoisotopic (exact) mass is 447 g/mol. The highest BCUT2D eigenvalue weighted by Crippen LogP contribution is 2.23. The molecule has 0 saturated carbocycles. The van der Waals surface area contributed by atoms with Crippen LogP contribution in [0.25, 0.3) is 0 Å². The number of carbonyl (C=O) groups is 2. The standard InChI is InChI=1S/C25H26FN5O2/c26-20-7-4-8-21(16-20)29-25(33)24(32)28-18-23(19-6-5-11-27-17-19)31-14-12-30(13-15-31)22-9-2-1-3-10-22/h1-11,16-17,23H,12-15,18H2,(H,28,32)(H,29,33)/t23-/m1/s1. The molecule has 3 aromatic rings. The maximum atomic E-state index is 13.3. The van der Waals surface area contributed by atoms with Crippen molar-refractivity contribution in [3.8, 4) is 0 Å². The van der Waals surface area contributed by atoms with Crippen molar-refractivity contribution >= 4 is 23.2 Å². The summed E-state index contributed by atoms with van der Waals surface area (Å²) in [6.45, 7) is 3.58. The molecule has 4 rings (SSSR count). The van der Waals surface area contributed by atoms with Crippen molar-refractivity contribution in [3.05, 3.63) is 90.5 Å². The molecule has 2 heterocycles. The average Bonchev–Trinajstić information content (AvgIpc) is 2.85. The van der Waals surface area contributed by atoms with Gasteiger partial charge in [0, 0.05) is 56.5 Å². The highest BCUT2D eigenvalue weighted by Gasteiger charge is 2.26. The third-order valence-corrected chi connectivity index (χ3v) is 5.69. The molecule has 2 aromatic carbocycles. The van der Waals surface area contributed by atoms with Gasteiger partial charge in [-0.25, -0.2) is 4.39 Å². The summed E-state index contributed by atoms with van der Waals surface area (Å²) in [4.78, 5) is 33.6. The van der Waals surface area contributed by atoms with Crippen LogP contribution in [0.5, 0.6) is 0 Å². The number of hydrogen-bond donors (Lipinski definition) is 2. The molecule has 7 nitrogen and oxygen atoms in total. The van der Waals surface area contributed by atoms with E-state index in [1.807, 2.05) is 30.3 Å². The molecule has 1 saturated heterocycles. The van der Waals surface area contributed by atoms with Gasteiger partial charge in [0.2, 0.25) is 0 Å². The third-order valence-electron chi connectivity index (χ3n) is 5.69. The second-order valence-electron chi connectivity index (χ2n) is 7.84. The molecule has 2 amide bonds. The van der Waals surface area contributed by atoms with Crippen molar-refractivity contribution in [3.63, 3.8) is 0 Å². The number of nitrogens with one attached hydrogen (secondary N) is 2. The number of nitrogens with zero attached hydrogens (tertiary/aromatic N) is 3. The maximum absolute atomic E-state index is 13.3. The van der Waals surface area contributed by atoms with E-state index in [-0.39, 0.29) is 18.3 Å². The van der Waals surface area contributed by atoms with Crippen molar-refractivity contribution < 1.29 is 14.0 Å². The first-order valence-corrected chi connectivity index (χ1v) is 10.9. The van der Waals surface area contributed by atoms with Gasteiger partial charge in [0.15, 0.2) is 0 Å². The van der Waals surface area contributed by atoms with E-state index in [2.05, 4.69) is 37.6 Å². The lowest BCUT2D eigenvalue weighted by Gasteiger charge is -2.40. The first kappa shape index (κ1) is 22.4. The molecule has 0 spiro atoms. The maximum Gasteiger partial charge on any atom is 0.313 e. The van der Waals surface area contributed by atoms with Gasteiger partial charge in [0.25, 0.3) is 0 Å². The summed E-state index contributed by atoms with van der Waals surface area (Å²) in [6, 6.07) is 19.4. The fraction of sp³-hybridized carbons (Fsp3) is 0.240. The normalized spacial score (nSPS) is 15.0. The Balaban J connectivity index is 1.38. The second kappa shape index (κ2) is 10.7. The number of carbonyl (C=O) groups excluding carboxylic acids is 2. The van der Waals surface area contributed by atoms with E-state index in [4.69, 9.17) is 0 Å². The number of amides is 2. The van der Waals surface area contributed by atoms with Gasteiger partial charge in [0.1, 0.15) is 5.82 Å². The zero-order chi connectivity index (χ0) is 23.0. The van der Waals surface area contributed by atoms with E-state index in [9.17, 15) is 14.0 Å². The van der Waals surface area contributed by atoms with Crippen molar-refractivity contribution in [2.45, 2.75) is 6.04 Å². The first-order valence-electron chi connectivity index (χ1n) is 10.9. The van der Waals surface area contributed by atoms with E-state index >= 15 is 0 Å². The van der Waals surface area contributed by atoms with Gasteiger partial charge in [-0.05, 0) is 42.0 Å². The highest BCUT2D eigenvalue weighted by atomic mass is 19.1. The number of para-hydroxylation sites is 1. The van der Waals surface area contributed by atoms with Crippen molar-refractivity contribution in [1.29, 1.82) is 0 Å². The minimum atomic E-state index is -0.834. The van der Waals surface area contributed by atoms with Gasteiger partial charge in [-0.3, -0.25) is 19.5 Å². The molecule has 2 N–H and O–H groups in total. The van der Waals surface area contributed by atoms with Gasteiger partial charge in [0.05, 0.1) is 6.04 Å². The van der Waals surface area contributed by atoms with Gasteiger partial charge < -0.3 is 15.5 Å². The van der Waals surface area contributed by atoms with Gasteiger partial charge >= 0.3 is 11.8 Å². The molecule has 1 fully saturated rings. The smallest absolute Gasteiger partial charge is 0.313 e. The Morgan fingerprint density at radius 1 is 0.939 bits per heavy atom. The predicted octanol–water partition coefficient (Wildman–Crippen LogP) is 2.84. The van der Waals surface area contributed by atoms with Crippen LogP contribution >= 0.6 is 0 Å². The second-order valence-corrected chi connectivity index (χ2v) is 7.84. The predicted molar refractivity (Wildman–Crippen MR) is 125 cm³/mol. The molecule has 0 aliphatic carbocycles. The minimum absolute atomic E-state index is 0.123. The van der Waals surface area contributed by atoms with Crippen LogP contribution in [-0.4, -0.2) is 54.4 Å². The summed E-state index contributed by atoms with van der Waals surface area (Å²) in [5, 5.41) is 5.15. The number of piperazine rings is 1. The third kappa shape index (κ3) is 5.93. The molecule has 1 atom stereocenters. The number of benzene rings is 2. The number of rotatable bonds is 6. The van der Waals surface area contributed by atoms with E-state index in [1.165, 1.54) is 23.9 Å². The molecule has 33 heavy (non-hydrogen) atoms. The summed E-state index contributed by atoms with van der Waals surface area (Å²) >= 11 is 0. The summed E-state index contributed by atoms with van der Waals surface area (Å²) < 4.78 is 13.3. The topological polar surface area (TPSA) is 77.6 Å². The van der Waals surface area contributed by atoms with Crippen LogP contribution in [0.1, 0.15) is 11.6 Å². The largest absolute Gasteiger partial charge is 0.369 e. The zero-order valence-corrected chi connectivity index (χ0v) is 18.2. The molecule has 170 valence electrons. The minimum Gasteiger partial charge on any atom is -0.369 e. The lowest BCUT2D eigenvalue weighted by atomic mass is 10.1. The Morgan fingerprint density at radius 3 is 2.42 bits per heavy atom. The molecule has 1 aliphatic heterocycles. The van der Waals surface area contributed by atoms with Crippen molar-refractivity contribution in [2.75, 3.05) is 42.9 Å². The lowest BCUT2D eigenvalue weighted by Crippen LogP contribution is -2.50. The number of halogens is 1. The molecule has 1 aliphatic rings. The number of aromatic nitrogens is 1. The van der Waals surface area contributed by atoms with Crippen LogP contribution in [0.3, 0.4) is 0 Å². The molecular weight excluding hydrogens is 421 g/mol. The molecule has 8 heteroatoms. The summed E-state index contributed by atoms with van der Waals surface area (Å²) in [5.74, 6) is -2.09. The van der Waals surface area contributed by atoms with E-state index in [1.54, 1.807) is 12.4 Å². The van der Waals surface area contributed by atoms with Crippen molar-refractivity contribution in [2.24, 2.45) is 0 Å². The van der Waals surface area contributed by atoms with Crippen LogP contribution in [0, 0.1) is 5.82 Å². The fourth-order valence-electron chi connectivity index (χ4n) is 3.99. The molecule has 0 unspecified atom stereocenters. The first-order chi connectivity index (χ1) is 16.1. The summed E-state index contributed by atoms with van der Waals surface area (Å²) in [7, 11) is 0. The van der Waals surface area contributed by atoms with Gasteiger partial charge in [-0.1, -0.05) is 30.3 Å². The van der Waals surface area contributed by atoms with Crippen LogP contribution in [0.4, 0.5) is 15.8 Å².